The summed E-state index contributed by atoms with van der Waals surface area (Å²) in [6.07, 6.45) is 1.06. The summed E-state index contributed by atoms with van der Waals surface area (Å²) in [6, 6.07) is 14.1. The molecule has 0 bridgehead atoms. The third-order valence-electron chi connectivity index (χ3n) is 5.08. The van der Waals surface area contributed by atoms with Crippen LogP contribution in [0.2, 0.25) is 0 Å². The van der Waals surface area contributed by atoms with Gasteiger partial charge in [0, 0.05) is 6.07 Å². The Bertz CT molecular complexity index is 947. The van der Waals surface area contributed by atoms with Gasteiger partial charge in [-0.05, 0) is 37.5 Å². The predicted molar refractivity (Wildman–Crippen MR) is 112 cm³/mol. The lowest BCUT2D eigenvalue weighted by Gasteiger charge is -2.21. The molecule has 8 nitrogen and oxygen atoms in total. The number of amides is 4. The van der Waals surface area contributed by atoms with Crippen LogP contribution in [0.15, 0.2) is 48.5 Å². The van der Waals surface area contributed by atoms with E-state index in [1.807, 2.05) is 30.3 Å². The Hall–Kier alpha value is -3.55. The van der Waals surface area contributed by atoms with E-state index >= 15 is 0 Å². The summed E-state index contributed by atoms with van der Waals surface area (Å²) in [5.74, 6) is 0.0391. The number of imide groups is 1. The highest BCUT2D eigenvalue weighted by molar-refractivity contribution is 6.10. The van der Waals surface area contributed by atoms with E-state index in [1.165, 1.54) is 14.2 Å². The Morgan fingerprint density at radius 2 is 1.83 bits per heavy atom. The summed E-state index contributed by atoms with van der Waals surface area (Å²) in [7, 11) is 2.99. The molecule has 1 fully saturated rings. The van der Waals surface area contributed by atoms with Gasteiger partial charge >= 0.3 is 6.03 Å². The molecule has 2 N–H and O–H groups in total. The molecular weight excluding hydrogens is 386 g/mol. The first kappa shape index (κ1) is 21.2. The summed E-state index contributed by atoms with van der Waals surface area (Å²) in [5, 5.41) is 5.39. The van der Waals surface area contributed by atoms with E-state index in [2.05, 4.69) is 10.6 Å². The third-order valence-corrected chi connectivity index (χ3v) is 5.08. The number of carbonyl (C=O) groups is 3. The number of hydrogen-bond acceptors (Lipinski definition) is 5. The van der Waals surface area contributed by atoms with Crippen molar-refractivity contribution in [3.63, 3.8) is 0 Å². The van der Waals surface area contributed by atoms with Crippen molar-refractivity contribution < 1.29 is 23.9 Å². The molecule has 0 spiro atoms. The van der Waals surface area contributed by atoms with Crippen molar-refractivity contribution >= 4 is 23.5 Å². The number of hydrogen-bond donors (Lipinski definition) is 2. The van der Waals surface area contributed by atoms with Gasteiger partial charge in [-0.15, -0.1) is 0 Å². The third kappa shape index (κ3) is 4.53. The second-order valence-electron chi connectivity index (χ2n) is 7.25. The Labute approximate surface area is 175 Å². The van der Waals surface area contributed by atoms with Gasteiger partial charge in [0.2, 0.25) is 5.91 Å². The van der Waals surface area contributed by atoms with E-state index in [0.29, 0.717) is 30.0 Å². The molecule has 0 saturated carbocycles. The van der Waals surface area contributed by atoms with Crippen LogP contribution in [0.5, 0.6) is 11.5 Å². The summed E-state index contributed by atoms with van der Waals surface area (Å²) in [4.78, 5) is 38.8. The number of carbonyl (C=O) groups excluding carboxylic acids is 3. The largest absolute Gasteiger partial charge is 0.497 e. The second kappa shape index (κ2) is 8.86. The maximum absolute atomic E-state index is 12.9. The fourth-order valence-corrected chi connectivity index (χ4v) is 3.34. The van der Waals surface area contributed by atoms with Crippen molar-refractivity contribution in [2.75, 3.05) is 26.1 Å². The van der Waals surface area contributed by atoms with E-state index in [4.69, 9.17) is 9.47 Å². The van der Waals surface area contributed by atoms with Crippen molar-refractivity contribution in [3.05, 3.63) is 54.1 Å². The summed E-state index contributed by atoms with van der Waals surface area (Å²) < 4.78 is 10.4. The average Bonchev–Trinajstić information content (AvgIpc) is 2.96. The van der Waals surface area contributed by atoms with Crippen LogP contribution in [0, 0.1) is 0 Å². The Balaban J connectivity index is 1.66. The number of methoxy groups -OCH3 is 2. The number of benzene rings is 2. The number of urea groups is 1. The van der Waals surface area contributed by atoms with Crippen LogP contribution in [0.4, 0.5) is 10.5 Å². The number of nitrogens with one attached hydrogen (secondary N) is 2. The quantitative estimate of drug-likeness (QED) is 0.651. The number of anilines is 1. The molecule has 1 aliphatic heterocycles. The van der Waals surface area contributed by atoms with Crippen LogP contribution in [-0.2, 0) is 16.0 Å². The molecule has 30 heavy (non-hydrogen) atoms. The van der Waals surface area contributed by atoms with Gasteiger partial charge in [0.15, 0.2) is 0 Å². The molecule has 2 aromatic rings. The summed E-state index contributed by atoms with van der Waals surface area (Å²) >= 11 is 0. The molecule has 1 saturated heterocycles. The fourth-order valence-electron chi connectivity index (χ4n) is 3.34. The van der Waals surface area contributed by atoms with Gasteiger partial charge in [-0.25, -0.2) is 4.79 Å². The topological polar surface area (TPSA) is 97.0 Å². The highest BCUT2D eigenvalue weighted by Crippen LogP contribution is 2.29. The number of ether oxygens (including phenoxy) is 2. The zero-order valence-electron chi connectivity index (χ0n) is 17.2. The van der Waals surface area contributed by atoms with Crippen LogP contribution in [0.3, 0.4) is 0 Å². The molecule has 1 aliphatic rings. The monoisotopic (exact) mass is 411 g/mol. The molecule has 2 aromatic carbocycles. The lowest BCUT2D eigenvalue weighted by Crippen LogP contribution is -2.45. The smallest absolute Gasteiger partial charge is 0.325 e. The van der Waals surface area contributed by atoms with Crippen molar-refractivity contribution in [1.82, 2.24) is 10.2 Å². The number of nitrogens with zero attached hydrogens (tertiary/aromatic N) is 1. The average molecular weight is 411 g/mol. The zero-order chi connectivity index (χ0) is 21.7. The number of aryl methyl sites for hydroxylation is 1. The van der Waals surface area contributed by atoms with E-state index in [9.17, 15) is 14.4 Å². The maximum atomic E-state index is 12.9. The van der Waals surface area contributed by atoms with Crippen molar-refractivity contribution in [2.24, 2.45) is 0 Å². The molecule has 0 aliphatic carbocycles. The van der Waals surface area contributed by atoms with Gasteiger partial charge in [-0.3, -0.25) is 14.5 Å². The Morgan fingerprint density at radius 1 is 1.10 bits per heavy atom. The molecule has 4 amide bonds. The van der Waals surface area contributed by atoms with Crippen molar-refractivity contribution in [3.8, 4) is 11.5 Å². The van der Waals surface area contributed by atoms with E-state index in [1.54, 1.807) is 25.1 Å². The van der Waals surface area contributed by atoms with Gasteiger partial charge in [0.25, 0.3) is 5.91 Å². The lowest BCUT2D eigenvalue weighted by molar-refractivity contribution is -0.133. The van der Waals surface area contributed by atoms with Crippen LogP contribution < -0.4 is 20.1 Å². The van der Waals surface area contributed by atoms with Gasteiger partial charge < -0.3 is 20.1 Å². The van der Waals surface area contributed by atoms with Crippen molar-refractivity contribution in [2.45, 2.75) is 25.3 Å². The van der Waals surface area contributed by atoms with Gasteiger partial charge in [0.1, 0.15) is 23.6 Å². The van der Waals surface area contributed by atoms with Gasteiger partial charge in [-0.2, -0.15) is 0 Å². The lowest BCUT2D eigenvalue weighted by atomic mass is 9.93. The SMILES string of the molecule is COc1ccc(OC)c(NC(=O)CN2C(=O)N[C@](C)(CCc3ccccc3)C2=O)c1. The molecule has 3 rings (SSSR count). The zero-order valence-corrected chi connectivity index (χ0v) is 17.2. The Kier molecular flexibility index (Phi) is 6.25. The minimum Gasteiger partial charge on any atom is -0.497 e. The minimum absolute atomic E-state index is 0.390. The molecule has 158 valence electrons. The van der Waals surface area contributed by atoms with Gasteiger partial charge in [0.05, 0.1) is 19.9 Å². The van der Waals surface area contributed by atoms with E-state index < -0.39 is 29.9 Å². The fraction of sp³-hybridized carbons (Fsp3) is 0.318. The van der Waals surface area contributed by atoms with Crippen LogP contribution >= 0.6 is 0 Å². The molecule has 0 unspecified atom stereocenters. The summed E-state index contributed by atoms with van der Waals surface area (Å²) in [6.45, 7) is 1.28. The minimum atomic E-state index is -1.05. The second-order valence-corrected chi connectivity index (χ2v) is 7.25. The van der Waals surface area contributed by atoms with Crippen LogP contribution in [0.25, 0.3) is 0 Å². The maximum Gasteiger partial charge on any atom is 0.325 e. The normalized spacial score (nSPS) is 18.2. The first-order valence-electron chi connectivity index (χ1n) is 9.56. The van der Waals surface area contributed by atoms with E-state index in [-0.39, 0.29) is 0 Å². The number of rotatable bonds is 8. The molecule has 1 heterocycles. The van der Waals surface area contributed by atoms with Gasteiger partial charge in [-0.1, -0.05) is 30.3 Å². The Morgan fingerprint density at radius 3 is 2.50 bits per heavy atom. The molecular formula is C22H25N3O5. The summed E-state index contributed by atoms with van der Waals surface area (Å²) in [5.41, 5.74) is 0.406. The highest BCUT2D eigenvalue weighted by atomic mass is 16.5. The molecule has 1 atom stereocenters. The molecule has 8 heteroatoms. The highest BCUT2D eigenvalue weighted by Gasteiger charge is 2.47. The van der Waals surface area contributed by atoms with Crippen LogP contribution in [-0.4, -0.2) is 49.0 Å². The molecule has 0 aromatic heterocycles. The van der Waals surface area contributed by atoms with Crippen molar-refractivity contribution in [1.29, 1.82) is 0 Å². The van der Waals surface area contributed by atoms with E-state index in [0.717, 1.165) is 10.5 Å². The first-order chi connectivity index (χ1) is 14.4. The first-order valence-corrected chi connectivity index (χ1v) is 9.56. The standard InChI is InChI=1S/C22H25N3O5/c1-22(12-11-15-7-5-4-6-8-15)20(27)25(21(28)24-22)14-19(26)23-17-13-16(29-2)9-10-18(17)30-3/h4-10,13H,11-12,14H2,1-3H3,(H,23,26)(H,24,28)/t22-/m1/s1. The molecule has 0 radical (unpaired) electrons. The van der Waals surface area contributed by atoms with Crippen LogP contribution in [0.1, 0.15) is 18.9 Å². The predicted octanol–water partition coefficient (Wildman–Crippen LogP) is 2.59.